The minimum atomic E-state index is -3.03. The zero-order chi connectivity index (χ0) is 22.1. The van der Waals surface area contributed by atoms with Crippen molar-refractivity contribution in [2.75, 3.05) is 24.4 Å². The molecular formula is C21H24F2N2O4S. The molecule has 0 saturated carbocycles. The maximum absolute atomic E-state index is 12.8. The first-order valence-electron chi connectivity index (χ1n) is 9.14. The highest BCUT2D eigenvalue weighted by molar-refractivity contribution is 7.98. The van der Waals surface area contributed by atoms with Gasteiger partial charge in [-0.3, -0.25) is 9.59 Å². The van der Waals surface area contributed by atoms with Crippen LogP contribution in [0.2, 0.25) is 0 Å². The Kier molecular flexibility index (Phi) is 8.91. The lowest BCUT2D eigenvalue weighted by Crippen LogP contribution is -2.44. The molecule has 2 aromatic rings. The van der Waals surface area contributed by atoms with Crippen molar-refractivity contribution < 1.29 is 27.8 Å². The Morgan fingerprint density at radius 3 is 2.53 bits per heavy atom. The molecule has 1 unspecified atom stereocenters. The summed E-state index contributed by atoms with van der Waals surface area (Å²) in [6.07, 6.45) is 2.30. The molecule has 2 amide bonds. The van der Waals surface area contributed by atoms with E-state index in [1.807, 2.05) is 19.2 Å². The maximum Gasteiger partial charge on any atom is 0.387 e. The van der Waals surface area contributed by atoms with Crippen LogP contribution in [0.5, 0.6) is 11.5 Å². The second-order valence-corrected chi connectivity index (χ2v) is 7.40. The zero-order valence-electron chi connectivity index (χ0n) is 16.9. The van der Waals surface area contributed by atoms with Crippen LogP contribution in [0.1, 0.15) is 22.3 Å². The molecule has 6 nitrogen and oxygen atoms in total. The molecule has 2 N–H and O–H groups in total. The van der Waals surface area contributed by atoms with Crippen LogP contribution in [-0.2, 0) is 4.79 Å². The van der Waals surface area contributed by atoms with Crippen LogP contribution in [-0.4, -0.2) is 43.6 Å². The average molecular weight is 438 g/mol. The number of benzene rings is 2. The van der Waals surface area contributed by atoms with Crippen molar-refractivity contribution >= 4 is 29.3 Å². The number of amides is 2. The number of carbonyl (C=O) groups excluding carboxylic acids is 2. The van der Waals surface area contributed by atoms with Gasteiger partial charge in [-0.2, -0.15) is 20.5 Å². The summed E-state index contributed by atoms with van der Waals surface area (Å²) in [6.45, 7) is -1.16. The molecular weight excluding hydrogens is 414 g/mol. The van der Waals surface area contributed by atoms with Gasteiger partial charge in [0.05, 0.1) is 7.11 Å². The minimum Gasteiger partial charge on any atom is -0.493 e. The summed E-state index contributed by atoms with van der Waals surface area (Å²) in [5, 5.41) is 5.39. The van der Waals surface area contributed by atoms with E-state index in [0.29, 0.717) is 17.7 Å². The van der Waals surface area contributed by atoms with Crippen molar-refractivity contribution in [3.63, 3.8) is 0 Å². The molecule has 0 heterocycles. The van der Waals surface area contributed by atoms with Crippen molar-refractivity contribution in [3.05, 3.63) is 53.6 Å². The molecule has 0 fully saturated rings. The number of halogens is 2. The molecule has 0 aliphatic carbocycles. The van der Waals surface area contributed by atoms with Gasteiger partial charge in [-0.15, -0.1) is 0 Å². The number of anilines is 1. The number of methoxy groups -OCH3 is 1. The van der Waals surface area contributed by atoms with E-state index < -0.39 is 18.6 Å². The quantitative estimate of drug-likeness (QED) is 0.584. The summed E-state index contributed by atoms with van der Waals surface area (Å²) in [6, 6.07) is 10.4. The van der Waals surface area contributed by atoms with E-state index in [1.165, 1.54) is 25.3 Å². The van der Waals surface area contributed by atoms with E-state index in [4.69, 9.17) is 4.74 Å². The molecule has 0 aliphatic heterocycles. The Labute approximate surface area is 178 Å². The van der Waals surface area contributed by atoms with Gasteiger partial charge in [0, 0.05) is 17.3 Å². The second kappa shape index (κ2) is 11.4. The van der Waals surface area contributed by atoms with Crippen LogP contribution < -0.4 is 20.1 Å². The van der Waals surface area contributed by atoms with Crippen LogP contribution in [0, 0.1) is 6.92 Å². The zero-order valence-corrected chi connectivity index (χ0v) is 17.7. The van der Waals surface area contributed by atoms with Crippen molar-refractivity contribution in [1.82, 2.24) is 5.32 Å². The summed E-state index contributed by atoms with van der Waals surface area (Å²) >= 11 is 1.54. The van der Waals surface area contributed by atoms with Gasteiger partial charge >= 0.3 is 6.61 Å². The molecule has 0 spiro atoms. The van der Waals surface area contributed by atoms with E-state index in [0.717, 1.165) is 5.56 Å². The summed E-state index contributed by atoms with van der Waals surface area (Å²) in [5.74, 6) is -0.265. The van der Waals surface area contributed by atoms with E-state index in [1.54, 1.807) is 30.0 Å². The van der Waals surface area contributed by atoms with Gasteiger partial charge < -0.3 is 20.1 Å². The molecule has 162 valence electrons. The molecule has 0 radical (unpaired) electrons. The number of nitrogens with one attached hydrogen (secondary N) is 2. The molecule has 2 rings (SSSR count). The first-order chi connectivity index (χ1) is 14.3. The SMILES string of the molecule is COc1ccc(NC(=O)C(CCSC)NC(=O)c2cccc(C)c2)cc1OC(F)F. The second-order valence-electron chi connectivity index (χ2n) is 6.41. The molecule has 2 aromatic carbocycles. The van der Waals surface area contributed by atoms with Gasteiger partial charge in [0.2, 0.25) is 5.91 Å². The lowest BCUT2D eigenvalue weighted by Gasteiger charge is -2.19. The number of thioether (sulfide) groups is 1. The minimum absolute atomic E-state index is 0.111. The average Bonchev–Trinajstić information content (AvgIpc) is 2.70. The fourth-order valence-corrected chi connectivity index (χ4v) is 3.18. The number of carbonyl (C=O) groups is 2. The maximum atomic E-state index is 12.8. The van der Waals surface area contributed by atoms with Gasteiger partial charge in [0.15, 0.2) is 11.5 Å². The van der Waals surface area contributed by atoms with Gasteiger partial charge in [0.25, 0.3) is 5.91 Å². The van der Waals surface area contributed by atoms with Crippen molar-refractivity contribution in [3.8, 4) is 11.5 Å². The standard InChI is InChI=1S/C21H24F2N2O4S/c1-13-5-4-6-14(11-13)19(26)25-16(9-10-30-3)20(27)24-15-7-8-17(28-2)18(12-15)29-21(22)23/h4-8,11-12,16,21H,9-10H2,1-3H3,(H,24,27)(H,25,26). The van der Waals surface area contributed by atoms with Crippen LogP contribution in [0.25, 0.3) is 0 Å². The number of alkyl halides is 2. The van der Waals surface area contributed by atoms with Crippen LogP contribution in [0.3, 0.4) is 0 Å². The Morgan fingerprint density at radius 2 is 1.90 bits per heavy atom. The fraction of sp³-hybridized carbons (Fsp3) is 0.333. The van der Waals surface area contributed by atoms with Crippen LogP contribution in [0.15, 0.2) is 42.5 Å². The summed E-state index contributed by atoms with van der Waals surface area (Å²) in [4.78, 5) is 25.4. The highest BCUT2D eigenvalue weighted by atomic mass is 32.2. The predicted octanol–water partition coefficient (Wildman–Crippen LogP) is 4.10. The molecule has 0 bridgehead atoms. The largest absolute Gasteiger partial charge is 0.493 e. The van der Waals surface area contributed by atoms with E-state index in [2.05, 4.69) is 15.4 Å². The van der Waals surface area contributed by atoms with Gasteiger partial charge in [0.1, 0.15) is 6.04 Å². The molecule has 0 saturated heterocycles. The van der Waals surface area contributed by atoms with Gasteiger partial charge in [-0.05, 0) is 49.6 Å². The van der Waals surface area contributed by atoms with E-state index in [-0.39, 0.29) is 23.1 Å². The van der Waals surface area contributed by atoms with E-state index in [9.17, 15) is 18.4 Å². The third-order valence-electron chi connectivity index (χ3n) is 4.16. The van der Waals surface area contributed by atoms with E-state index >= 15 is 0 Å². The Morgan fingerprint density at radius 1 is 1.13 bits per heavy atom. The molecule has 30 heavy (non-hydrogen) atoms. The summed E-state index contributed by atoms with van der Waals surface area (Å²) in [7, 11) is 1.32. The molecule has 0 aliphatic rings. The molecule has 0 aromatic heterocycles. The lowest BCUT2D eigenvalue weighted by molar-refractivity contribution is -0.118. The Bertz CT molecular complexity index is 880. The monoisotopic (exact) mass is 438 g/mol. The highest BCUT2D eigenvalue weighted by Crippen LogP contribution is 2.31. The van der Waals surface area contributed by atoms with Crippen molar-refractivity contribution in [2.45, 2.75) is 26.0 Å². The lowest BCUT2D eigenvalue weighted by atomic mass is 10.1. The first kappa shape index (κ1) is 23.5. The number of aryl methyl sites for hydroxylation is 1. The number of rotatable bonds is 10. The topological polar surface area (TPSA) is 76.7 Å². The number of ether oxygens (including phenoxy) is 2. The molecule has 1 atom stereocenters. The number of hydrogen-bond donors (Lipinski definition) is 2. The Balaban J connectivity index is 2.15. The van der Waals surface area contributed by atoms with Crippen LogP contribution >= 0.6 is 11.8 Å². The van der Waals surface area contributed by atoms with Crippen molar-refractivity contribution in [1.29, 1.82) is 0 Å². The first-order valence-corrected chi connectivity index (χ1v) is 10.5. The van der Waals surface area contributed by atoms with Crippen LogP contribution in [0.4, 0.5) is 14.5 Å². The number of hydrogen-bond acceptors (Lipinski definition) is 5. The third-order valence-corrected chi connectivity index (χ3v) is 4.80. The normalized spacial score (nSPS) is 11.7. The van der Waals surface area contributed by atoms with Crippen molar-refractivity contribution in [2.24, 2.45) is 0 Å². The summed E-state index contributed by atoms with van der Waals surface area (Å²) < 4.78 is 34.7. The smallest absolute Gasteiger partial charge is 0.387 e. The predicted molar refractivity (Wildman–Crippen MR) is 114 cm³/mol. The molecule has 9 heteroatoms. The van der Waals surface area contributed by atoms with Gasteiger partial charge in [-0.1, -0.05) is 17.7 Å². The fourth-order valence-electron chi connectivity index (χ4n) is 2.70. The Hall–Kier alpha value is -2.81. The highest BCUT2D eigenvalue weighted by Gasteiger charge is 2.22. The van der Waals surface area contributed by atoms with Gasteiger partial charge in [-0.25, -0.2) is 0 Å². The summed E-state index contributed by atoms with van der Waals surface area (Å²) in [5.41, 5.74) is 1.63. The third kappa shape index (κ3) is 6.91.